The Bertz CT molecular complexity index is 499. The normalized spacial score (nSPS) is 10.8. The Morgan fingerprint density at radius 1 is 1.59 bits per heavy atom. The van der Waals surface area contributed by atoms with Gasteiger partial charge in [-0.15, -0.1) is 0 Å². The fraction of sp³-hybridized carbons (Fsp3) is 0.231. The van der Waals surface area contributed by atoms with Crippen molar-refractivity contribution in [2.24, 2.45) is 0 Å². The molecule has 1 amide bonds. The molecule has 0 aliphatic heterocycles. The summed E-state index contributed by atoms with van der Waals surface area (Å²) in [7, 11) is 0. The van der Waals surface area contributed by atoms with Gasteiger partial charge in [-0.1, -0.05) is 13.0 Å². The quantitative estimate of drug-likeness (QED) is 0.619. The number of anilines is 1. The van der Waals surface area contributed by atoms with Gasteiger partial charge in [-0.25, -0.2) is 0 Å². The van der Waals surface area contributed by atoms with Crippen molar-refractivity contribution in [3.05, 3.63) is 35.4 Å². The first-order valence-corrected chi connectivity index (χ1v) is 5.29. The molecule has 0 radical (unpaired) electrons. The molecule has 0 spiro atoms. The number of nitriles is 1. The van der Waals surface area contributed by atoms with Crippen molar-refractivity contribution in [1.29, 1.82) is 5.26 Å². The lowest BCUT2D eigenvalue weighted by Crippen LogP contribution is -2.12. The molecule has 4 nitrogen and oxygen atoms in total. The average molecular weight is 230 g/mol. The number of aromatic hydroxyl groups is 1. The van der Waals surface area contributed by atoms with Gasteiger partial charge in [0.1, 0.15) is 5.75 Å². The largest absolute Gasteiger partial charge is 0.506 e. The van der Waals surface area contributed by atoms with Crippen LogP contribution in [0.5, 0.6) is 5.75 Å². The Labute approximate surface area is 100 Å². The fourth-order valence-corrected chi connectivity index (χ4v) is 1.33. The molecule has 1 aromatic carbocycles. The molecule has 0 unspecified atom stereocenters. The highest BCUT2D eigenvalue weighted by molar-refractivity contribution is 6.04. The molecule has 0 fully saturated rings. The number of nitrogens with one attached hydrogen (secondary N) is 1. The van der Waals surface area contributed by atoms with E-state index in [-0.39, 0.29) is 17.3 Å². The van der Waals surface area contributed by atoms with Gasteiger partial charge in [0.2, 0.25) is 0 Å². The van der Waals surface area contributed by atoms with Crippen LogP contribution < -0.4 is 5.32 Å². The van der Waals surface area contributed by atoms with E-state index < -0.39 is 0 Å². The van der Waals surface area contributed by atoms with E-state index in [2.05, 4.69) is 5.32 Å². The van der Waals surface area contributed by atoms with Gasteiger partial charge in [-0.3, -0.25) is 4.79 Å². The summed E-state index contributed by atoms with van der Waals surface area (Å²) in [5, 5.41) is 20.8. The van der Waals surface area contributed by atoms with E-state index in [1.54, 1.807) is 13.0 Å². The molecule has 0 aromatic heterocycles. The summed E-state index contributed by atoms with van der Waals surface area (Å²) in [5.74, 6) is -0.334. The predicted octanol–water partition coefficient (Wildman–Crippen LogP) is 2.56. The van der Waals surface area contributed by atoms with Gasteiger partial charge in [-0.2, -0.15) is 5.26 Å². The minimum Gasteiger partial charge on any atom is -0.506 e. The number of benzene rings is 1. The summed E-state index contributed by atoms with van der Waals surface area (Å²) in [6, 6.07) is 6.25. The van der Waals surface area contributed by atoms with Crippen LogP contribution in [0, 0.1) is 11.3 Å². The van der Waals surface area contributed by atoms with Crippen LogP contribution in [-0.2, 0) is 4.79 Å². The Hall–Kier alpha value is -2.28. The third kappa shape index (κ3) is 3.35. The molecular formula is C13H14N2O2. The second-order valence-corrected chi connectivity index (χ2v) is 3.59. The van der Waals surface area contributed by atoms with Gasteiger partial charge >= 0.3 is 0 Å². The van der Waals surface area contributed by atoms with E-state index in [4.69, 9.17) is 5.26 Å². The molecule has 0 heterocycles. The Balaban J connectivity index is 2.92. The van der Waals surface area contributed by atoms with Crippen LogP contribution in [0.4, 0.5) is 5.69 Å². The van der Waals surface area contributed by atoms with Gasteiger partial charge < -0.3 is 10.4 Å². The van der Waals surface area contributed by atoms with Crippen molar-refractivity contribution in [2.75, 3.05) is 5.32 Å². The van der Waals surface area contributed by atoms with E-state index in [0.717, 1.165) is 6.42 Å². The number of hydrogen-bond donors (Lipinski definition) is 2. The highest BCUT2D eigenvalue weighted by Gasteiger charge is 2.08. The molecule has 1 aromatic rings. The maximum Gasteiger partial charge on any atom is 0.251 e. The van der Waals surface area contributed by atoms with Crippen molar-refractivity contribution in [2.45, 2.75) is 20.3 Å². The van der Waals surface area contributed by atoms with Crippen LogP contribution in [0.25, 0.3) is 0 Å². The summed E-state index contributed by atoms with van der Waals surface area (Å²) >= 11 is 0. The van der Waals surface area contributed by atoms with Crippen LogP contribution in [0.3, 0.4) is 0 Å². The van der Waals surface area contributed by atoms with E-state index in [1.165, 1.54) is 18.2 Å². The first-order chi connectivity index (χ1) is 8.08. The number of amides is 1. The van der Waals surface area contributed by atoms with Crippen molar-refractivity contribution >= 4 is 11.6 Å². The fourth-order valence-electron chi connectivity index (χ4n) is 1.33. The first-order valence-electron chi connectivity index (χ1n) is 5.29. The van der Waals surface area contributed by atoms with Crippen LogP contribution in [0.1, 0.15) is 25.8 Å². The van der Waals surface area contributed by atoms with Crippen molar-refractivity contribution in [3.8, 4) is 11.8 Å². The molecular weight excluding hydrogens is 216 g/mol. The predicted molar refractivity (Wildman–Crippen MR) is 65.5 cm³/mol. The monoisotopic (exact) mass is 230 g/mol. The molecule has 88 valence electrons. The highest BCUT2D eigenvalue weighted by atomic mass is 16.3. The van der Waals surface area contributed by atoms with Gasteiger partial charge in [0, 0.05) is 5.57 Å². The van der Waals surface area contributed by atoms with Crippen molar-refractivity contribution < 1.29 is 9.90 Å². The number of rotatable bonds is 3. The topological polar surface area (TPSA) is 73.1 Å². The lowest BCUT2D eigenvalue weighted by atomic mass is 10.2. The Morgan fingerprint density at radius 3 is 2.88 bits per heavy atom. The van der Waals surface area contributed by atoms with Gasteiger partial charge in [0.05, 0.1) is 17.3 Å². The number of allylic oxidation sites excluding steroid dienone is 1. The summed E-state index contributed by atoms with van der Waals surface area (Å²) < 4.78 is 0. The van der Waals surface area contributed by atoms with Crippen LogP contribution >= 0.6 is 0 Å². The maximum atomic E-state index is 11.7. The number of phenolic OH excluding ortho intramolecular Hbond substituents is 1. The summed E-state index contributed by atoms with van der Waals surface area (Å²) in [5.41, 5.74) is 1.21. The molecule has 0 aliphatic rings. The van der Waals surface area contributed by atoms with Crippen LogP contribution in [0.2, 0.25) is 0 Å². The van der Waals surface area contributed by atoms with Crippen LogP contribution in [0.15, 0.2) is 29.8 Å². The number of phenols is 1. The number of carbonyl (C=O) groups excluding carboxylic acids is 1. The van der Waals surface area contributed by atoms with Crippen molar-refractivity contribution in [3.63, 3.8) is 0 Å². The average Bonchev–Trinajstić information content (AvgIpc) is 2.32. The smallest absolute Gasteiger partial charge is 0.251 e. The second-order valence-electron chi connectivity index (χ2n) is 3.59. The van der Waals surface area contributed by atoms with E-state index in [0.29, 0.717) is 11.1 Å². The van der Waals surface area contributed by atoms with Crippen molar-refractivity contribution in [1.82, 2.24) is 0 Å². The zero-order valence-corrected chi connectivity index (χ0v) is 9.82. The Kier molecular flexibility index (Phi) is 4.29. The molecule has 0 aliphatic carbocycles. The van der Waals surface area contributed by atoms with Gasteiger partial charge in [0.15, 0.2) is 0 Å². The van der Waals surface area contributed by atoms with E-state index in [1.807, 2.05) is 13.0 Å². The van der Waals surface area contributed by atoms with E-state index in [9.17, 15) is 9.90 Å². The molecule has 0 saturated carbocycles. The zero-order valence-electron chi connectivity index (χ0n) is 9.82. The third-order valence-corrected chi connectivity index (χ3v) is 2.24. The minimum absolute atomic E-state index is 0.0540. The summed E-state index contributed by atoms with van der Waals surface area (Å²) in [4.78, 5) is 11.7. The molecule has 4 heteroatoms. The maximum absolute atomic E-state index is 11.7. The molecule has 0 bridgehead atoms. The van der Waals surface area contributed by atoms with Gasteiger partial charge in [-0.05, 0) is 31.5 Å². The first kappa shape index (κ1) is 12.8. The lowest BCUT2D eigenvalue weighted by molar-refractivity contribution is -0.112. The minimum atomic E-state index is -0.280. The molecule has 0 atom stereocenters. The standard InChI is InChI=1S/C13H14N2O2/c1-3-4-9(2)13(17)15-11-7-10(8-14)5-6-12(11)16/h4-7,16H,3H2,1-2H3,(H,15,17)/b9-4+. The lowest BCUT2D eigenvalue weighted by Gasteiger charge is -2.07. The number of hydrogen-bond acceptors (Lipinski definition) is 3. The zero-order chi connectivity index (χ0) is 12.8. The molecule has 17 heavy (non-hydrogen) atoms. The van der Waals surface area contributed by atoms with Gasteiger partial charge in [0.25, 0.3) is 5.91 Å². The highest BCUT2D eigenvalue weighted by Crippen LogP contribution is 2.24. The third-order valence-electron chi connectivity index (χ3n) is 2.24. The second kappa shape index (κ2) is 5.71. The SMILES string of the molecule is CC/C=C(\C)C(=O)Nc1cc(C#N)ccc1O. The van der Waals surface area contributed by atoms with Crippen LogP contribution in [-0.4, -0.2) is 11.0 Å². The number of nitrogens with zero attached hydrogens (tertiary/aromatic N) is 1. The summed E-state index contributed by atoms with van der Waals surface area (Å²) in [6.45, 7) is 3.63. The Morgan fingerprint density at radius 2 is 2.29 bits per heavy atom. The molecule has 1 rings (SSSR count). The van der Waals surface area contributed by atoms with E-state index >= 15 is 0 Å². The molecule has 0 saturated heterocycles. The summed E-state index contributed by atoms with van der Waals surface area (Å²) in [6.07, 6.45) is 2.56. The number of carbonyl (C=O) groups is 1. The molecule has 2 N–H and O–H groups in total.